The second-order valence-corrected chi connectivity index (χ2v) is 0. The third-order valence-corrected chi connectivity index (χ3v) is 0. The van der Waals surface area contributed by atoms with E-state index in [0.717, 1.165) is 0 Å². The zero-order valence-corrected chi connectivity index (χ0v) is 5.48. The van der Waals surface area contributed by atoms with E-state index in [1.807, 2.05) is 0 Å². The average molecular weight is 155 g/mol. The molecule has 0 spiro atoms. The van der Waals surface area contributed by atoms with Gasteiger partial charge in [-0.1, -0.05) is 0 Å². The molecule has 0 heterocycles. The van der Waals surface area contributed by atoms with Gasteiger partial charge in [0, 0.05) is 0 Å². The van der Waals surface area contributed by atoms with Gasteiger partial charge in [0.05, 0.1) is 0 Å². The van der Waals surface area contributed by atoms with Crippen molar-refractivity contribution < 1.29 is 17.1 Å². The number of rotatable bonds is 0. The van der Waals surface area contributed by atoms with Gasteiger partial charge < -0.3 is 40.5 Å². The van der Waals surface area contributed by atoms with E-state index in [4.69, 9.17) is 0 Å². The first-order valence-corrected chi connectivity index (χ1v) is 0. The molecule has 4 heteroatoms. The molecule has 0 aliphatic heterocycles. The summed E-state index contributed by atoms with van der Waals surface area (Å²) in [5.41, 5.74) is 0. The molecule has 0 saturated carbocycles. The summed E-state index contributed by atoms with van der Waals surface area (Å²) in [7, 11) is 0. The van der Waals surface area contributed by atoms with Crippen LogP contribution in [0.25, 0.3) is 0 Å². The smallest absolute Gasteiger partial charge is 0.813 e. The topological polar surface area (TPSA) is 0 Å². The molecule has 0 rings (SSSR count). The number of thiol groups is 3. The first-order valence-electron chi connectivity index (χ1n) is 0. The minimum Gasteiger partial charge on any atom is -0.813 e. The quantitative estimate of drug-likeness (QED) is 0.255. The minimum absolute atomic E-state index is 0. The normalized spacial score (nSPS) is 0. The molecule has 0 bridgehead atoms. The molecule has 0 nitrogen and oxygen atoms in total. The van der Waals surface area contributed by atoms with Crippen molar-refractivity contribution in [1.82, 2.24) is 0 Å². The molecular formula is H3FeS3. The first-order chi connectivity index (χ1) is 0. The van der Waals surface area contributed by atoms with Crippen LogP contribution >= 0.6 is 0 Å². The van der Waals surface area contributed by atoms with E-state index in [1.165, 1.54) is 0 Å². The number of hydrogen-bond donors (Lipinski definition) is 0. The van der Waals surface area contributed by atoms with Crippen LogP contribution in [0.2, 0.25) is 0 Å². The van der Waals surface area contributed by atoms with Crippen LogP contribution in [0.1, 0.15) is 0 Å². The second-order valence-electron chi connectivity index (χ2n) is 0. The van der Waals surface area contributed by atoms with Gasteiger partial charge in [-0.2, -0.15) is 0 Å². The van der Waals surface area contributed by atoms with Crippen LogP contribution < -0.4 is 0 Å². The Labute approximate surface area is 57.5 Å². The summed E-state index contributed by atoms with van der Waals surface area (Å²) in [6.45, 7) is 0. The maximum Gasteiger partial charge on any atom is 3.00 e. The van der Waals surface area contributed by atoms with Gasteiger partial charge in [0.25, 0.3) is 0 Å². The summed E-state index contributed by atoms with van der Waals surface area (Å²) in [6, 6.07) is 0. The average Bonchev–Trinajstić information content (AvgIpc) is 0. The molecule has 0 N–H and O–H groups in total. The second kappa shape index (κ2) is 23.6. The Kier molecular flexibility index (Phi) is 279. The van der Waals surface area contributed by atoms with Crippen LogP contribution in [0.5, 0.6) is 0 Å². The van der Waals surface area contributed by atoms with Crippen LogP contribution in [-0.2, 0) is 57.6 Å². The summed E-state index contributed by atoms with van der Waals surface area (Å²) < 4.78 is 0. The summed E-state index contributed by atoms with van der Waals surface area (Å²) in [6.07, 6.45) is 0. The Hall–Kier alpha value is 1.57. The van der Waals surface area contributed by atoms with Crippen molar-refractivity contribution in [2.75, 3.05) is 0 Å². The van der Waals surface area contributed by atoms with E-state index >= 15 is 0 Å². The minimum atomic E-state index is 0. The third-order valence-electron chi connectivity index (χ3n) is 0. The van der Waals surface area contributed by atoms with Crippen molar-refractivity contribution in [2.45, 2.75) is 0 Å². The van der Waals surface area contributed by atoms with Gasteiger partial charge in [-0.3, -0.25) is 0 Å². The fourth-order valence-electron chi connectivity index (χ4n) is 0. The molecule has 4 heavy (non-hydrogen) atoms. The Morgan fingerprint density at radius 2 is 0.500 bits per heavy atom. The standard InChI is InChI=1S/Fe.3H2S/h;3*1H2/q+3;;;/p-3. The molecule has 0 saturated heterocycles. The molecule has 0 aliphatic carbocycles. The zero-order chi connectivity index (χ0) is 0. The molecule has 29 valence electrons. The molecule has 0 aliphatic rings. The maximum absolute atomic E-state index is 0. The molecule has 0 unspecified atom stereocenters. The zero-order valence-electron chi connectivity index (χ0n) is 1.70. The van der Waals surface area contributed by atoms with Crippen LogP contribution in [0.15, 0.2) is 0 Å². The van der Waals surface area contributed by atoms with Crippen LogP contribution in [0.3, 0.4) is 0 Å². The van der Waals surface area contributed by atoms with Gasteiger partial charge >= 0.3 is 17.1 Å². The first kappa shape index (κ1) is 47.2. The molecular weight excluding hydrogens is 152 g/mol. The van der Waals surface area contributed by atoms with Crippen molar-refractivity contribution in [2.24, 2.45) is 0 Å². The van der Waals surface area contributed by atoms with Crippen molar-refractivity contribution in [3.05, 3.63) is 0 Å². The fourth-order valence-corrected chi connectivity index (χ4v) is 0. The van der Waals surface area contributed by atoms with Crippen molar-refractivity contribution in [3.63, 3.8) is 0 Å². The van der Waals surface area contributed by atoms with E-state index in [2.05, 4.69) is 0 Å². The van der Waals surface area contributed by atoms with Gasteiger partial charge in [0.1, 0.15) is 0 Å². The van der Waals surface area contributed by atoms with E-state index < -0.39 is 0 Å². The fraction of sp³-hybridized carbons (Fsp3) is 0. The Morgan fingerprint density at radius 1 is 0.500 bits per heavy atom. The van der Waals surface area contributed by atoms with Crippen LogP contribution in [0.4, 0.5) is 0 Å². The molecule has 1 radical (unpaired) electrons. The maximum atomic E-state index is 0. The van der Waals surface area contributed by atoms with Gasteiger partial charge in [0.15, 0.2) is 0 Å². The largest absolute Gasteiger partial charge is 3.00 e. The van der Waals surface area contributed by atoms with Gasteiger partial charge in [0.2, 0.25) is 0 Å². The van der Waals surface area contributed by atoms with Crippen LogP contribution in [0, 0.1) is 0 Å². The van der Waals surface area contributed by atoms with Crippen LogP contribution in [-0.4, -0.2) is 0 Å². The summed E-state index contributed by atoms with van der Waals surface area (Å²) in [4.78, 5) is 0. The predicted molar refractivity (Wildman–Crippen MR) is 26.3 cm³/mol. The van der Waals surface area contributed by atoms with Gasteiger partial charge in [-0.05, 0) is 0 Å². The van der Waals surface area contributed by atoms with E-state index in [1.54, 1.807) is 0 Å². The van der Waals surface area contributed by atoms with Crippen molar-refractivity contribution in [1.29, 1.82) is 0 Å². The van der Waals surface area contributed by atoms with E-state index in [9.17, 15) is 0 Å². The summed E-state index contributed by atoms with van der Waals surface area (Å²) >= 11 is 0. The Balaban J connectivity index is 0. The summed E-state index contributed by atoms with van der Waals surface area (Å²) in [5.74, 6) is 0. The Morgan fingerprint density at radius 3 is 0.500 bits per heavy atom. The molecule has 0 aromatic rings. The predicted octanol–water partition coefficient (Wildman–Crippen LogP) is -0.813. The van der Waals surface area contributed by atoms with E-state index in [-0.39, 0.29) is 57.6 Å². The SMILES string of the molecule is [Fe+3].[SH-].[SH-].[SH-]. The van der Waals surface area contributed by atoms with E-state index in [0.29, 0.717) is 0 Å². The summed E-state index contributed by atoms with van der Waals surface area (Å²) in [5, 5.41) is 0. The molecule has 0 aromatic carbocycles. The van der Waals surface area contributed by atoms with Crippen molar-refractivity contribution >= 4 is 40.5 Å². The molecule has 0 fully saturated rings. The van der Waals surface area contributed by atoms with Gasteiger partial charge in [-0.15, -0.1) is 0 Å². The Bertz CT molecular complexity index is 3.25. The molecule has 0 atom stereocenters. The van der Waals surface area contributed by atoms with Crippen molar-refractivity contribution in [3.8, 4) is 0 Å². The monoisotopic (exact) mass is 155 g/mol. The molecule has 0 amide bonds. The van der Waals surface area contributed by atoms with Gasteiger partial charge in [-0.25, -0.2) is 0 Å². The third kappa shape index (κ3) is 9.57. The number of hydrogen-bond acceptors (Lipinski definition) is 3. The molecule has 0 aromatic heterocycles.